The zero-order valence-corrected chi connectivity index (χ0v) is 12.5. The Bertz CT molecular complexity index is 703. The van der Waals surface area contributed by atoms with Gasteiger partial charge in [-0.3, -0.25) is 9.59 Å². The minimum Gasteiger partial charge on any atom is -0.507 e. The number of fused-ring (bicyclic) bond motifs is 1. The highest BCUT2D eigenvalue weighted by atomic mass is 16.7. The maximum absolute atomic E-state index is 12.7. The Morgan fingerprint density at radius 1 is 1.23 bits per heavy atom. The number of hydrogen-bond donors (Lipinski definition) is 1. The fraction of sp³-hybridized carbons (Fsp3) is 0.375. The molecule has 116 valence electrons. The first-order valence-corrected chi connectivity index (χ1v) is 6.89. The normalized spacial score (nSPS) is 24.1. The van der Waals surface area contributed by atoms with Crippen LogP contribution in [0, 0.1) is 0 Å². The molecule has 0 saturated carbocycles. The van der Waals surface area contributed by atoms with Crippen molar-refractivity contribution >= 4 is 11.6 Å². The Hall–Kier alpha value is -2.18. The third-order valence-electron chi connectivity index (χ3n) is 3.94. The lowest BCUT2D eigenvalue weighted by Gasteiger charge is -2.33. The Labute approximate surface area is 127 Å². The molecule has 6 nitrogen and oxygen atoms in total. The van der Waals surface area contributed by atoms with Gasteiger partial charge in [-0.05, 0) is 13.0 Å². The summed E-state index contributed by atoms with van der Waals surface area (Å²) in [4.78, 5) is 25.5. The van der Waals surface area contributed by atoms with Gasteiger partial charge in [-0.15, -0.1) is 0 Å². The van der Waals surface area contributed by atoms with E-state index in [1.165, 1.54) is 26.4 Å². The van der Waals surface area contributed by atoms with Crippen molar-refractivity contribution in [3.05, 3.63) is 34.4 Å². The van der Waals surface area contributed by atoms with Gasteiger partial charge in [-0.25, -0.2) is 0 Å². The molecule has 0 fully saturated rings. The Balaban J connectivity index is 2.22. The van der Waals surface area contributed by atoms with E-state index < -0.39 is 12.1 Å². The van der Waals surface area contributed by atoms with Gasteiger partial charge in [0.15, 0.2) is 17.9 Å². The molecule has 0 bridgehead atoms. The number of hydrogen-bond acceptors (Lipinski definition) is 6. The maximum Gasteiger partial charge on any atom is 0.198 e. The van der Waals surface area contributed by atoms with Crippen LogP contribution in [-0.2, 0) is 9.47 Å². The average molecular weight is 304 g/mol. The predicted octanol–water partition coefficient (Wildman–Crippen LogP) is 1.86. The molecule has 0 aromatic heterocycles. The van der Waals surface area contributed by atoms with Crippen LogP contribution >= 0.6 is 0 Å². The summed E-state index contributed by atoms with van der Waals surface area (Å²) in [6.07, 6.45) is -0.803. The van der Waals surface area contributed by atoms with E-state index in [2.05, 4.69) is 0 Å². The molecule has 1 aliphatic heterocycles. The number of benzene rings is 1. The molecule has 3 rings (SSSR count). The van der Waals surface area contributed by atoms with Gasteiger partial charge in [0.2, 0.25) is 0 Å². The molecule has 2 aliphatic rings. The van der Waals surface area contributed by atoms with E-state index in [9.17, 15) is 14.7 Å². The van der Waals surface area contributed by atoms with Crippen molar-refractivity contribution in [1.29, 1.82) is 0 Å². The number of carbonyl (C=O) groups is 2. The van der Waals surface area contributed by atoms with Crippen LogP contribution in [-0.4, -0.2) is 43.3 Å². The summed E-state index contributed by atoms with van der Waals surface area (Å²) in [6, 6.07) is 2.78. The summed E-state index contributed by atoms with van der Waals surface area (Å²) < 4.78 is 15.8. The predicted molar refractivity (Wildman–Crippen MR) is 76.3 cm³/mol. The van der Waals surface area contributed by atoms with Gasteiger partial charge in [-0.1, -0.05) is 0 Å². The van der Waals surface area contributed by atoms with Crippen molar-refractivity contribution < 1.29 is 28.9 Å². The van der Waals surface area contributed by atoms with Crippen molar-refractivity contribution in [2.75, 3.05) is 14.2 Å². The number of aromatic hydroxyl groups is 1. The lowest BCUT2D eigenvalue weighted by molar-refractivity contribution is -0.133. The van der Waals surface area contributed by atoms with Crippen LogP contribution in [0.5, 0.6) is 11.5 Å². The summed E-state index contributed by atoms with van der Waals surface area (Å²) in [5, 5.41) is 10.1. The molecule has 0 amide bonds. The van der Waals surface area contributed by atoms with Gasteiger partial charge in [-0.2, -0.15) is 0 Å². The summed E-state index contributed by atoms with van der Waals surface area (Å²) in [7, 11) is 2.84. The molecule has 1 aromatic rings. The number of carbonyl (C=O) groups excluding carboxylic acids is 2. The van der Waals surface area contributed by atoms with E-state index >= 15 is 0 Å². The molecule has 1 aromatic carbocycles. The Morgan fingerprint density at radius 2 is 1.95 bits per heavy atom. The molecule has 0 spiro atoms. The molecular formula is C16H16O6. The van der Waals surface area contributed by atoms with E-state index in [1.807, 2.05) is 6.92 Å². The van der Waals surface area contributed by atoms with E-state index in [0.717, 1.165) is 0 Å². The second-order valence-corrected chi connectivity index (χ2v) is 5.34. The van der Waals surface area contributed by atoms with Gasteiger partial charge in [0.25, 0.3) is 0 Å². The van der Waals surface area contributed by atoms with Crippen LogP contribution in [0.2, 0.25) is 0 Å². The minimum atomic E-state index is -0.898. The summed E-state index contributed by atoms with van der Waals surface area (Å²) >= 11 is 0. The van der Waals surface area contributed by atoms with Crippen molar-refractivity contribution in [2.45, 2.75) is 25.7 Å². The largest absolute Gasteiger partial charge is 0.507 e. The topological polar surface area (TPSA) is 82.1 Å². The highest BCUT2D eigenvalue weighted by molar-refractivity contribution is 6.28. The van der Waals surface area contributed by atoms with Crippen LogP contribution in [0.3, 0.4) is 0 Å². The smallest absolute Gasteiger partial charge is 0.198 e. The zero-order valence-electron chi connectivity index (χ0n) is 12.5. The maximum atomic E-state index is 12.7. The van der Waals surface area contributed by atoms with Gasteiger partial charge in [0.1, 0.15) is 11.5 Å². The summed E-state index contributed by atoms with van der Waals surface area (Å²) in [5.41, 5.74) is 0.698. The highest BCUT2D eigenvalue weighted by Gasteiger charge is 2.42. The first-order valence-electron chi connectivity index (χ1n) is 6.89. The van der Waals surface area contributed by atoms with Crippen molar-refractivity contribution in [2.24, 2.45) is 0 Å². The Morgan fingerprint density at radius 3 is 2.59 bits per heavy atom. The Kier molecular flexibility index (Phi) is 3.50. The highest BCUT2D eigenvalue weighted by Crippen LogP contribution is 2.40. The standard InChI is InChI=1S/C16H16O6/c1-7-4-9-13(16(21-3)22-7)15(19)12-10(14(9)18)5-8(20-2)6-11(12)17/h5-7,16-17H,4H2,1-3H3. The molecule has 2 unspecified atom stereocenters. The van der Waals surface area contributed by atoms with Crippen molar-refractivity contribution in [1.82, 2.24) is 0 Å². The van der Waals surface area contributed by atoms with Crippen molar-refractivity contribution in [3.63, 3.8) is 0 Å². The monoisotopic (exact) mass is 304 g/mol. The molecule has 0 radical (unpaired) electrons. The molecule has 22 heavy (non-hydrogen) atoms. The summed E-state index contributed by atoms with van der Waals surface area (Å²) in [5.74, 6) is -0.697. The van der Waals surface area contributed by atoms with Crippen LogP contribution in [0.15, 0.2) is 23.3 Å². The second-order valence-electron chi connectivity index (χ2n) is 5.34. The van der Waals surface area contributed by atoms with E-state index in [0.29, 0.717) is 17.7 Å². The molecule has 0 saturated heterocycles. The van der Waals surface area contributed by atoms with E-state index in [-0.39, 0.29) is 34.3 Å². The minimum absolute atomic E-state index is 0.0234. The fourth-order valence-corrected chi connectivity index (χ4v) is 2.93. The molecular weight excluding hydrogens is 288 g/mol. The van der Waals surface area contributed by atoms with Gasteiger partial charge in [0, 0.05) is 30.7 Å². The number of rotatable bonds is 2. The SMILES string of the molecule is COc1cc(O)c2c(c1)C(=O)C1=C(C2=O)C(OC)OC(C)C1. The third-order valence-corrected chi connectivity index (χ3v) is 3.94. The number of phenols is 1. The first-order chi connectivity index (χ1) is 10.5. The number of Topliss-reactive ketones (excluding diaryl/α,β-unsaturated/α-hetero) is 2. The number of ether oxygens (including phenoxy) is 3. The van der Waals surface area contributed by atoms with E-state index in [1.54, 1.807) is 0 Å². The van der Waals surface area contributed by atoms with Gasteiger partial charge < -0.3 is 19.3 Å². The van der Waals surface area contributed by atoms with Gasteiger partial charge >= 0.3 is 0 Å². The summed E-state index contributed by atoms with van der Waals surface area (Å²) in [6.45, 7) is 1.81. The van der Waals surface area contributed by atoms with Crippen molar-refractivity contribution in [3.8, 4) is 11.5 Å². The number of phenolic OH excluding ortho intramolecular Hbond substituents is 1. The van der Waals surface area contributed by atoms with Crippen LogP contribution in [0.25, 0.3) is 0 Å². The molecule has 1 aliphatic carbocycles. The molecule has 1 heterocycles. The van der Waals surface area contributed by atoms with Gasteiger partial charge in [0.05, 0.1) is 24.4 Å². The van der Waals surface area contributed by atoms with E-state index in [4.69, 9.17) is 14.2 Å². The quantitative estimate of drug-likeness (QED) is 0.898. The lowest BCUT2D eigenvalue weighted by atomic mass is 9.80. The van der Waals surface area contributed by atoms with Crippen LogP contribution in [0.4, 0.5) is 0 Å². The molecule has 6 heteroatoms. The lowest BCUT2D eigenvalue weighted by Crippen LogP contribution is -2.38. The average Bonchev–Trinajstić information content (AvgIpc) is 2.50. The molecule has 2 atom stereocenters. The number of ketones is 2. The fourth-order valence-electron chi connectivity index (χ4n) is 2.93. The first kappa shape index (κ1) is 14.7. The zero-order chi connectivity index (χ0) is 16.0. The van der Waals surface area contributed by atoms with Crippen LogP contribution in [0.1, 0.15) is 34.1 Å². The molecule has 1 N–H and O–H groups in total. The third kappa shape index (κ3) is 2.03. The second kappa shape index (κ2) is 5.23. The number of methoxy groups -OCH3 is 2. The van der Waals surface area contributed by atoms with Crippen LogP contribution < -0.4 is 4.74 Å².